The van der Waals surface area contributed by atoms with Gasteiger partial charge < -0.3 is 15.2 Å². The average molecular weight is 381 g/mol. The van der Waals surface area contributed by atoms with Crippen LogP contribution in [0.5, 0.6) is 5.75 Å². The van der Waals surface area contributed by atoms with E-state index in [1.165, 1.54) is 7.11 Å². The predicted molar refractivity (Wildman–Crippen MR) is 80.0 cm³/mol. The molecule has 0 aliphatic rings. The van der Waals surface area contributed by atoms with Gasteiger partial charge in [-0.1, -0.05) is 11.6 Å². The highest BCUT2D eigenvalue weighted by molar-refractivity contribution is 7.12. The van der Waals surface area contributed by atoms with Crippen LogP contribution in [0.25, 0.3) is 0 Å². The fraction of sp³-hybridized carbons (Fsp3) is 0.154. The molecule has 1 amide bonds. The van der Waals surface area contributed by atoms with Gasteiger partial charge in [0, 0.05) is 6.07 Å². The Balaban J connectivity index is 2.37. The highest BCUT2D eigenvalue weighted by Gasteiger charge is 2.38. The number of benzene rings is 1. The van der Waals surface area contributed by atoms with Crippen LogP contribution in [0.2, 0.25) is 5.02 Å². The Labute approximate surface area is 141 Å². The SMILES string of the molecule is COc1cc(NC(=O)c2scnc2C(F)(F)F)c(Cl)cc1C(=O)O. The van der Waals surface area contributed by atoms with Crippen molar-refractivity contribution in [1.82, 2.24) is 4.98 Å². The first-order chi connectivity index (χ1) is 11.1. The number of aromatic nitrogens is 1. The van der Waals surface area contributed by atoms with Crippen molar-refractivity contribution in [2.45, 2.75) is 6.18 Å². The van der Waals surface area contributed by atoms with Crippen LogP contribution in [0.4, 0.5) is 18.9 Å². The van der Waals surface area contributed by atoms with Gasteiger partial charge in [0.25, 0.3) is 5.91 Å². The second kappa shape index (κ2) is 6.65. The van der Waals surface area contributed by atoms with E-state index in [1.807, 2.05) is 0 Å². The number of carboxylic acids is 1. The van der Waals surface area contributed by atoms with Crippen molar-refractivity contribution in [1.29, 1.82) is 0 Å². The molecule has 0 spiro atoms. The topological polar surface area (TPSA) is 88.5 Å². The zero-order valence-electron chi connectivity index (χ0n) is 11.8. The van der Waals surface area contributed by atoms with E-state index < -0.39 is 28.6 Å². The predicted octanol–water partition coefficient (Wildman–Crippen LogP) is 3.77. The van der Waals surface area contributed by atoms with Gasteiger partial charge in [-0.3, -0.25) is 4.79 Å². The van der Waals surface area contributed by atoms with Crippen molar-refractivity contribution in [2.24, 2.45) is 0 Å². The zero-order chi connectivity index (χ0) is 18.1. The van der Waals surface area contributed by atoms with Crippen LogP contribution < -0.4 is 10.1 Å². The van der Waals surface area contributed by atoms with Crippen LogP contribution in [0.1, 0.15) is 25.7 Å². The standard InChI is InChI=1S/C13H8ClF3N2O4S/c1-23-8-3-7(6(14)2-5(8)12(21)22)19-11(20)9-10(13(15,16)17)18-4-24-9/h2-4H,1H3,(H,19,20)(H,21,22). The molecule has 2 N–H and O–H groups in total. The molecule has 1 heterocycles. The van der Waals surface area contributed by atoms with Gasteiger partial charge in [-0.25, -0.2) is 9.78 Å². The first-order valence-electron chi connectivity index (χ1n) is 6.08. The molecule has 6 nitrogen and oxygen atoms in total. The number of ether oxygens (including phenoxy) is 1. The summed E-state index contributed by atoms with van der Waals surface area (Å²) in [5.74, 6) is -2.49. The van der Waals surface area contributed by atoms with Crippen LogP contribution in [0, 0.1) is 0 Å². The third-order valence-electron chi connectivity index (χ3n) is 2.81. The minimum atomic E-state index is -4.78. The minimum Gasteiger partial charge on any atom is -0.496 e. The number of nitrogens with one attached hydrogen (secondary N) is 1. The molecule has 0 radical (unpaired) electrons. The lowest BCUT2D eigenvalue weighted by atomic mass is 10.1. The number of rotatable bonds is 4. The molecule has 2 rings (SSSR count). The largest absolute Gasteiger partial charge is 0.496 e. The monoisotopic (exact) mass is 380 g/mol. The third kappa shape index (κ3) is 3.60. The summed E-state index contributed by atoms with van der Waals surface area (Å²) in [5.41, 5.74) is -0.762. The number of hydrogen-bond acceptors (Lipinski definition) is 5. The maximum Gasteiger partial charge on any atom is 0.434 e. The molecular formula is C13H8ClF3N2O4S. The number of methoxy groups -OCH3 is 1. The number of halogens is 4. The van der Waals surface area contributed by atoms with Crippen LogP contribution in [-0.2, 0) is 6.18 Å². The van der Waals surface area contributed by atoms with E-state index in [-0.39, 0.29) is 22.0 Å². The van der Waals surface area contributed by atoms with Crippen molar-refractivity contribution >= 4 is 40.5 Å². The highest BCUT2D eigenvalue weighted by Crippen LogP contribution is 2.35. The quantitative estimate of drug-likeness (QED) is 0.842. The maximum atomic E-state index is 12.8. The summed E-state index contributed by atoms with van der Waals surface area (Å²) in [7, 11) is 1.20. The third-order valence-corrected chi connectivity index (χ3v) is 3.95. The van der Waals surface area contributed by atoms with Gasteiger partial charge in [-0.15, -0.1) is 11.3 Å². The Morgan fingerprint density at radius 1 is 1.38 bits per heavy atom. The molecule has 0 atom stereocenters. The number of carboxylic acid groups (broad SMARTS) is 1. The van der Waals surface area contributed by atoms with E-state index in [4.69, 9.17) is 21.4 Å². The Kier molecular flexibility index (Phi) is 4.99. The van der Waals surface area contributed by atoms with Crippen molar-refractivity contribution in [2.75, 3.05) is 12.4 Å². The van der Waals surface area contributed by atoms with Crippen molar-refractivity contribution in [3.05, 3.63) is 38.8 Å². The molecule has 2 aromatic rings. The van der Waals surface area contributed by atoms with Gasteiger partial charge in [0.1, 0.15) is 16.2 Å². The molecule has 1 aromatic carbocycles. The summed E-state index contributed by atoms with van der Waals surface area (Å²) in [5, 5.41) is 11.0. The Bertz CT molecular complexity index is 807. The lowest BCUT2D eigenvalue weighted by molar-refractivity contribution is -0.141. The van der Waals surface area contributed by atoms with Gasteiger partial charge in [-0.2, -0.15) is 13.2 Å². The molecule has 0 saturated carbocycles. The molecule has 1 aromatic heterocycles. The van der Waals surface area contributed by atoms with Gasteiger partial charge in [0.05, 0.1) is 23.3 Å². The number of alkyl halides is 3. The molecule has 128 valence electrons. The van der Waals surface area contributed by atoms with Crippen molar-refractivity contribution in [3.8, 4) is 5.75 Å². The van der Waals surface area contributed by atoms with Crippen molar-refractivity contribution < 1.29 is 32.6 Å². The normalized spacial score (nSPS) is 11.2. The molecule has 0 aliphatic heterocycles. The number of aromatic carboxylic acids is 1. The number of anilines is 1. The van der Waals surface area contributed by atoms with E-state index in [0.29, 0.717) is 11.3 Å². The number of carbonyl (C=O) groups is 2. The molecule has 0 bridgehead atoms. The van der Waals surface area contributed by atoms with Gasteiger partial charge in [0.2, 0.25) is 0 Å². The van der Waals surface area contributed by atoms with Gasteiger partial charge in [0.15, 0.2) is 5.69 Å². The zero-order valence-corrected chi connectivity index (χ0v) is 13.3. The van der Waals surface area contributed by atoms with E-state index in [2.05, 4.69) is 10.3 Å². The number of carbonyl (C=O) groups excluding carboxylic acids is 1. The van der Waals surface area contributed by atoms with E-state index in [0.717, 1.165) is 17.6 Å². The second-order valence-corrected chi connectivity index (χ2v) is 5.58. The number of thiazole rings is 1. The van der Waals surface area contributed by atoms with Crippen molar-refractivity contribution in [3.63, 3.8) is 0 Å². The molecule has 11 heteroatoms. The van der Waals surface area contributed by atoms with Crippen LogP contribution in [0.3, 0.4) is 0 Å². The Hall–Kier alpha value is -2.33. The highest BCUT2D eigenvalue weighted by atomic mass is 35.5. The smallest absolute Gasteiger partial charge is 0.434 e. The number of nitrogens with zero attached hydrogens (tertiary/aromatic N) is 1. The fourth-order valence-corrected chi connectivity index (χ4v) is 2.69. The van der Waals surface area contributed by atoms with E-state index in [1.54, 1.807) is 0 Å². The molecule has 24 heavy (non-hydrogen) atoms. The van der Waals surface area contributed by atoms with Gasteiger partial charge in [-0.05, 0) is 6.07 Å². The lowest BCUT2D eigenvalue weighted by Crippen LogP contribution is -2.17. The summed E-state index contributed by atoms with van der Waals surface area (Å²) in [6, 6.07) is 2.13. The summed E-state index contributed by atoms with van der Waals surface area (Å²) in [4.78, 5) is 25.6. The van der Waals surface area contributed by atoms with Crippen LogP contribution >= 0.6 is 22.9 Å². The molecule has 0 unspecified atom stereocenters. The molecule has 0 saturated heterocycles. The van der Waals surface area contributed by atoms with Gasteiger partial charge >= 0.3 is 12.1 Å². The maximum absolute atomic E-state index is 12.8. The van der Waals surface area contributed by atoms with Crippen LogP contribution in [0.15, 0.2) is 17.6 Å². The Morgan fingerprint density at radius 2 is 2.04 bits per heavy atom. The molecular weight excluding hydrogens is 373 g/mol. The van der Waals surface area contributed by atoms with E-state index >= 15 is 0 Å². The van der Waals surface area contributed by atoms with Crippen LogP contribution in [-0.4, -0.2) is 29.1 Å². The Morgan fingerprint density at radius 3 is 2.58 bits per heavy atom. The minimum absolute atomic E-state index is 0.0926. The lowest BCUT2D eigenvalue weighted by Gasteiger charge is -2.12. The number of hydrogen-bond donors (Lipinski definition) is 2. The molecule has 0 aliphatic carbocycles. The summed E-state index contributed by atoms with van der Waals surface area (Å²) < 4.78 is 43.2. The molecule has 0 fully saturated rings. The summed E-state index contributed by atoms with van der Waals surface area (Å²) in [6.45, 7) is 0. The average Bonchev–Trinajstić information content (AvgIpc) is 2.98. The first-order valence-corrected chi connectivity index (χ1v) is 7.33. The second-order valence-electron chi connectivity index (χ2n) is 4.32. The summed E-state index contributed by atoms with van der Waals surface area (Å²) in [6.07, 6.45) is -4.78. The number of amides is 1. The summed E-state index contributed by atoms with van der Waals surface area (Å²) >= 11 is 6.39. The fourth-order valence-electron chi connectivity index (χ4n) is 1.77. The first kappa shape index (κ1) is 18.0. The van der Waals surface area contributed by atoms with E-state index in [9.17, 15) is 22.8 Å².